The maximum absolute atomic E-state index is 12.0. The maximum atomic E-state index is 12.0. The van der Waals surface area contributed by atoms with Crippen LogP contribution in [0.25, 0.3) is 0 Å². The molecule has 160 valence electrons. The zero-order chi connectivity index (χ0) is 22.1. The minimum atomic E-state index is -0.554. The summed E-state index contributed by atoms with van der Waals surface area (Å²) >= 11 is 5.32. The van der Waals surface area contributed by atoms with Gasteiger partial charge < -0.3 is 29.6 Å². The molecule has 2 rings (SSSR count). The summed E-state index contributed by atoms with van der Waals surface area (Å²) in [5.41, 5.74) is 1.90. The van der Waals surface area contributed by atoms with E-state index in [1.165, 1.54) is 32.4 Å². The first kappa shape index (κ1) is 23.0. The Balaban J connectivity index is 2.05. The number of thiocarbonyl (C=S) groups is 1. The average Bonchev–Trinajstić information content (AvgIpc) is 2.77. The molecule has 0 spiro atoms. The third kappa shape index (κ3) is 5.84. The Morgan fingerprint density at radius 3 is 2.23 bits per heavy atom. The summed E-state index contributed by atoms with van der Waals surface area (Å²) in [6.45, 7) is 0.533. The minimum absolute atomic E-state index is 0.245. The topological polar surface area (TPSA) is 95.1 Å². The van der Waals surface area contributed by atoms with Gasteiger partial charge in [0.25, 0.3) is 0 Å². The predicted molar refractivity (Wildman–Crippen MR) is 117 cm³/mol. The molecule has 0 aromatic heterocycles. The van der Waals surface area contributed by atoms with Gasteiger partial charge in [0.15, 0.2) is 16.6 Å². The van der Waals surface area contributed by atoms with Crippen molar-refractivity contribution in [1.82, 2.24) is 5.32 Å². The largest absolute Gasteiger partial charge is 0.493 e. The van der Waals surface area contributed by atoms with E-state index in [9.17, 15) is 9.59 Å². The highest BCUT2D eigenvalue weighted by molar-refractivity contribution is 7.80. The van der Waals surface area contributed by atoms with Crippen molar-refractivity contribution in [1.29, 1.82) is 0 Å². The fraction of sp³-hybridized carbons (Fsp3) is 0.286. The number of benzene rings is 2. The lowest BCUT2D eigenvalue weighted by molar-refractivity contribution is 0.0587. The van der Waals surface area contributed by atoms with Crippen LogP contribution in [0.15, 0.2) is 36.4 Å². The number of esters is 2. The molecule has 0 aliphatic carbocycles. The zero-order valence-electron chi connectivity index (χ0n) is 17.2. The summed E-state index contributed by atoms with van der Waals surface area (Å²) in [7, 11) is 5.73. The van der Waals surface area contributed by atoms with Gasteiger partial charge in [-0.2, -0.15) is 0 Å². The summed E-state index contributed by atoms with van der Waals surface area (Å²) in [6.07, 6.45) is 0.675. The van der Waals surface area contributed by atoms with Crippen molar-refractivity contribution in [3.8, 4) is 11.5 Å². The Morgan fingerprint density at radius 2 is 1.60 bits per heavy atom. The van der Waals surface area contributed by atoms with Gasteiger partial charge in [0.05, 0.1) is 45.3 Å². The molecule has 0 aliphatic rings. The zero-order valence-corrected chi connectivity index (χ0v) is 18.1. The van der Waals surface area contributed by atoms with Gasteiger partial charge in [0.1, 0.15) is 0 Å². The second-order valence-corrected chi connectivity index (χ2v) is 6.47. The first-order chi connectivity index (χ1) is 14.4. The number of ether oxygens (including phenoxy) is 4. The van der Waals surface area contributed by atoms with Gasteiger partial charge in [-0.3, -0.25) is 0 Å². The molecular formula is C21H24N2O6S. The molecule has 0 unspecified atom stereocenters. The molecule has 0 saturated carbocycles. The molecule has 0 amide bonds. The third-order valence-corrected chi connectivity index (χ3v) is 4.49. The average molecular weight is 432 g/mol. The van der Waals surface area contributed by atoms with E-state index < -0.39 is 11.9 Å². The second-order valence-electron chi connectivity index (χ2n) is 6.06. The van der Waals surface area contributed by atoms with Crippen molar-refractivity contribution in [2.24, 2.45) is 0 Å². The number of anilines is 1. The van der Waals surface area contributed by atoms with Crippen LogP contribution in [0.2, 0.25) is 0 Å². The molecule has 0 saturated heterocycles. The van der Waals surface area contributed by atoms with Crippen LogP contribution in [0.4, 0.5) is 5.69 Å². The lowest BCUT2D eigenvalue weighted by atomic mass is 10.1. The lowest BCUT2D eigenvalue weighted by Gasteiger charge is -2.15. The quantitative estimate of drug-likeness (QED) is 0.482. The van der Waals surface area contributed by atoms with Crippen LogP contribution in [0.5, 0.6) is 11.5 Å². The van der Waals surface area contributed by atoms with Crippen LogP contribution in [-0.2, 0) is 15.9 Å². The van der Waals surface area contributed by atoms with Crippen molar-refractivity contribution in [2.75, 3.05) is 40.3 Å². The highest BCUT2D eigenvalue weighted by atomic mass is 32.1. The van der Waals surface area contributed by atoms with E-state index in [-0.39, 0.29) is 11.1 Å². The predicted octanol–water partition coefficient (Wildman–Crippen LogP) is 2.81. The number of nitrogens with one attached hydrogen (secondary N) is 2. The van der Waals surface area contributed by atoms with E-state index in [4.69, 9.17) is 31.2 Å². The highest BCUT2D eigenvalue weighted by Gasteiger charge is 2.16. The van der Waals surface area contributed by atoms with E-state index >= 15 is 0 Å². The summed E-state index contributed by atoms with van der Waals surface area (Å²) in [4.78, 5) is 23.8. The Labute approximate surface area is 180 Å². The Kier molecular flexibility index (Phi) is 8.42. The Bertz CT molecular complexity index is 932. The van der Waals surface area contributed by atoms with Crippen LogP contribution in [0.3, 0.4) is 0 Å². The molecule has 2 aromatic rings. The monoisotopic (exact) mass is 432 g/mol. The number of methoxy groups -OCH3 is 4. The molecule has 0 heterocycles. The standard InChI is InChI=1S/C21H24N2O6S/c1-26-17-8-5-13(11-18(17)27-2)9-10-22-21(30)23-16-12-14(19(24)28-3)6-7-15(16)20(25)29-4/h5-8,11-12H,9-10H2,1-4H3,(H2,22,23,30). The fourth-order valence-electron chi connectivity index (χ4n) is 2.70. The van der Waals surface area contributed by atoms with Gasteiger partial charge in [-0.1, -0.05) is 6.07 Å². The van der Waals surface area contributed by atoms with Gasteiger partial charge >= 0.3 is 11.9 Å². The van der Waals surface area contributed by atoms with Crippen LogP contribution in [0.1, 0.15) is 26.3 Å². The van der Waals surface area contributed by atoms with Crippen LogP contribution in [0, 0.1) is 0 Å². The lowest BCUT2D eigenvalue weighted by Crippen LogP contribution is -2.31. The third-order valence-electron chi connectivity index (χ3n) is 4.24. The fourth-order valence-corrected chi connectivity index (χ4v) is 2.92. The molecule has 0 fully saturated rings. The van der Waals surface area contributed by atoms with Gasteiger partial charge in [0.2, 0.25) is 0 Å². The summed E-state index contributed by atoms with van der Waals surface area (Å²) in [5.74, 6) is 0.231. The second kappa shape index (κ2) is 11.0. The summed E-state index contributed by atoms with van der Waals surface area (Å²) in [6, 6.07) is 10.1. The van der Waals surface area contributed by atoms with Gasteiger partial charge in [-0.25, -0.2) is 9.59 Å². The van der Waals surface area contributed by atoms with Crippen molar-refractivity contribution < 1.29 is 28.5 Å². The smallest absolute Gasteiger partial charge is 0.339 e. The van der Waals surface area contributed by atoms with Gasteiger partial charge in [0, 0.05) is 6.54 Å². The first-order valence-corrected chi connectivity index (χ1v) is 9.40. The van der Waals surface area contributed by atoms with E-state index in [0.717, 1.165) is 5.56 Å². The summed E-state index contributed by atoms with van der Waals surface area (Å²) in [5, 5.41) is 6.31. The molecule has 0 atom stereocenters. The van der Waals surface area contributed by atoms with Crippen molar-refractivity contribution in [2.45, 2.75) is 6.42 Å². The number of carbonyl (C=O) groups is 2. The van der Waals surface area contributed by atoms with E-state index in [2.05, 4.69) is 10.6 Å². The molecule has 8 nitrogen and oxygen atoms in total. The number of rotatable bonds is 8. The number of carbonyl (C=O) groups excluding carboxylic acids is 2. The molecule has 0 radical (unpaired) electrons. The molecule has 0 aliphatic heterocycles. The van der Waals surface area contributed by atoms with E-state index in [1.807, 2.05) is 18.2 Å². The Morgan fingerprint density at radius 1 is 0.900 bits per heavy atom. The molecular weight excluding hydrogens is 408 g/mol. The number of hydrogen-bond donors (Lipinski definition) is 2. The minimum Gasteiger partial charge on any atom is -0.493 e. The Hall–Kier alpha value is -3.33. The molecule has 9 heteroatoms. The SMILES string of the molecule is COC(=O)c1ccc(C(=O)OC)c(NC(=S)NCCc2ccc(OC)c(OC)c2)c1. The van der Waals surface area contributed by atoms with Gasteiger partial charge in [-0.15, -0.1) is 0 Å². The van der Waals surface area contributed by atoms with Gasteiger partial charge in [-0.05, 0) is 54.5 Å². The van der Waals surface area contributed by atoms with Crippen molar-refractivity contribution >= 4 is 35.0 Å². The molecule has 30 heavy (non-hydrogen) atoms. The van der Waals surface area contributed by atoms with Crippen molar-refractivity contribution in [3.63, 3.8) is 0 Å². The normalized spacial score (nSPS) is 10.0. The molecule has 2 aromatic carbocycles. The highest BCUT2D eigenvalue weighted by Crippen LogP contribution is 2.27. The van der Waals surface area contributed by atoms with E-state index in [1.54, 1.807) is 14.2 Å². The molecule has 0 bridgehead atoms. The van der Waals surface area contributed by atoms with Crippen LogP contribution in [-0.4, -0.2) is 52.0 Å². The van der Waals surface area contributed by atoms with Crippen LogP contribution >= 0.6 is 12.2 Å². The maximum Gasteiger partial charge on any atom is 0.339 e. The first-order valence-electron chi connectivity index (χ1n) is 9.00. The van der Waals surface area contributed by atoms with Crippen molar-refractivity contribution in [3.05, 3.63) is 53.1 Å². The molecule has 2 N–H and O–H groups in total. The van der Waals surface area contributed by atoms with Crippen LogP contribution < -0.4 is 20.1 Å². The summed E-state index contributed by atoms with van der Waals surface area (Å²) < 4.78 is 20.0. The number of hydrogen-bond acceptors (Lipinski definition) is 7. The van der Waals surface area contributed by atoms with E-state index in [0.29, 0.717) is 35.3 Å².